The molecule has 1 aromatic carbocycles. The molecule has 1 aliphatic rings. The van der Waals surface area contributed by atoms with Crippen LogP contribution in [0.1, 0.15) is 30.7 Å². The highest BCUT2D eigenvalue weighted by Gasteiger charge is 2.57. The summed E-state index contributed by atoms with van der Waals surface area (Å²) in [5.74, 6) is 0.898. The van der Waals surface area contributed by atoms with Gasteiger partial charge < -0.3 is 9.67 Å². The summed E-state index contributed by atoms with van der Waals surface area (Å²) >= 11 is 3.53. The Balaban J connectivity index is 2.06. The Morgan fingerprint density at radius 3 is 2.81 bits per heavy atom. The van der Waals surface area contributed by atoms with Crippen molar-refractivity contribution >= 4 is 15.9 Å². The molecule has 0 bridgehead atoms. The minimum absolute atomic E-state index is 0.285. The molecule has 2 aromatic rings. The number of hydrogen-bond donors (Lipinski definition) is 1. The molecule has 110 valence electrons. The van der Waals surface area contributed by atoms with Crippen molar-refractivity contribution < 1.29 is 5.11 Å². The third-order valence-corrected chi connectivity index (χ3v) is 4.80. The normalized spacial score (nSPS) is 28.1. The van der Waals surface area contributed by atoms with Crippen LogP contribution in [0.5, 0.6) is 0 Å². The second-order valence-electron chi connectivity index (χ2n) is 5.93. The molecule has 0 radical (unpaired) electrons. The summed E-state index contributed by atoms with van der Waals surface area (Å²) in [4.78, 5) is 0. The van der Waals surface area contributed by atoms with Crippen LogP contribution in [0.4, 0.5) is 0 Å². The van der Waals surface area contributed by atoms with Crippen LogP contribution >= 0.6 is 15.9 Å². The molecule has 1 aliphatic carbocycles. The molecular formula is C16H18BrN3O. The second kappa shape index (κ2) is 5.07. The van der Waals surface area contributed by atoms with Crippen LogP contribution in [-0.4, -0.2) is 25.5 Å². The van der Waals surface area contributed by atoms with Gasteiger partial charge in [-0.1, -0.05) is 34.1 Å². The maximum absolute atomic E-state index is 10.6. The van der Waals surface area contributed by atoms with Crippen LogP contribution in [0.25, 0.3) is 0 Å². The van der Waals surface area contributed by atoms with Crippen molar-refractivity contribution in [3.05, 3.63) is 59.1 Å². The van der Waals surface area contributed by atoms with Crippen molar-refractivity contribution in [1.29, 1.82) is 0 Å². The molecular weight excluding hydrogens is 330 g/mol. The first-order valence-corrected chi connectivity index (χ1v) is 7.72. The van der Waals surface area contributed by atoms with Crippen molar-refractivity contribution in [2.75, 3.05) is 0 Å². The summed E-state index contributed by atoms with van der Waals surface area (Å²) < 4.78 is 2.97. The Kier molecular flexibility index (Phi) is 3.50. The fourth-order valence-electron chi connectivity index (χ4n) is 3.48. The number of aryl methyl sites for hydroxylation is 1. The number of rotatable bonds is 4. The van der Waals surface area contributed by atoms with Crippen LogP contribution in [0, 0.1) is 0 Å². The molecule has 0 saturated heterocycles. The zero-order valence-corrected chi connectivity index (χ0v) is 13.5. The molecule has 1 fully saturated rings. The number of halogens is 1. The average molecular weight is 348 g/mol. The first-order chi connectivity index (χ1) is 9.99. The molecule has 1 N–H and O–H groups in total. The highest BCUT2D eigenvalue weighted by molar-refractivity contribution is 9.10. The molecule has 5 heteroatoms. The molecule has 0 amide bonds. The lowest BCUT2D eigenvalue weighted by Crippen LogP contribution is -2.56. The molecule has 0 spiro atoms. The Morgan fingerprint density at radius 1 is 1.48 bits per heavy atom. The zero-order valence-electron chi connectivity index (χ0n) is 12.0. The van der Waals surface area contributed by atoms with Crippen molar-refractivity contribution in [3.63, 3.8) is 0 Å². The van der Waals surface area contributed by atoms with E-state index < -0.39 is 5.60 Å². The summed E-state index contributed by atoms with van der Waals surface area (Å²) in [6, 6.07) is 8.21. The van der Waals surface area contributed by atoms with Gasteiger partial charge >= 0.3 is 0 Å². The van der Waals surface area contributed by atoms with E-state index in [0.29, 0.717) is 19.3 Å². The van der Waals surface area contributed by atoms with Crippen LogP contribution < -0.4 is 0 Å². The van der Waals surface area contributed by atoms with E-state index in [-0.39, 0.29) is 5.41 Å². The van der Waals surface area contributed by atoms with Crippen LogP contribution in [-0.2, 0) is 12.5 Å². The summed E-state index contributed by atoms with van der Waals surface area (Å²) in [5, 5.41) is 18.9. The molecule has 3 rings (SSSR count). The Bertz CT molecular complexity index is 674. The fraction of sp³-hybridized carbons (Fsp3) is 0.375. The largest absolute Gasteiger partial charge is 0.389 e. The number of benzene rings is 1. The number of nitrogens with zero attached hydrogens (tertiary/aromatic N) is 3. The Labute approximate surface area is 132 Å². The smallest absolute Gasteiger partial charge is 0.143 e. The Morgan fingerprint density at radius 2 is 2.24 bits per heavy atom. The van der Waals surface area contributed by atoms with Gasteiger partial charge in [0.25, 0.3) is 0 Å². The van der Waals surface area contributed by atoms with Crippen molar-refractivity contribution in [3.8, 4) is 0 Å². The van der Waals surface area contributed by atoms with Crippen LogP contribution in [0.15, 0.2) is 47.7 Å². The standard InChI is InChI=1S/C16H18BrN3O/c1-3-7-15(21)9-16(10-15,14-19-18-11-20(14)2)12-5-4-6-13(17)8-12/h3-6,8,11,21H,1,7,9-10H2,2H3. The highest BCUT2D eigenvalue weighted by atomic mass is 79.9. The fourth-order valence-corrected chi connectivity index (χ4v) is 3.88. The van der Waals surface area contributed by atoms with Gasteiger partial charge in [-0.2, -0.15) is 0 Å². The molecule has 1 saturated carbocycles. The third kappa shape index (κ3) is 2.34. The lowest BCUT2D eigenvalue weighted by atomic mass is 9.54. The van der Waals surface area contributed by atoms with E-state index >= 15 is 0 Å². The van der Waals surface area contributed by atoms with Crippen molar-refractivity contribution in [2.45, 2.75) is 30.3 Å². The van der Waals surface area contributed by atoms with Gasteiger partial charge in [-0.05, 0) is 37.0 Å². The monoisotopic (exact) mass is 347 g/mol. The lowest BCUT2D eigenvalue weighted by molar-refractivity contribution is -0.0777. The summed E-state index contributed by atoms with van der Waals surface area (Å²) in [6.07, 6.45) is 5.35. The van der Waals surface area contributed by atoms with E-state index in [1.807, 2.05) is 23.7 Å². The van der Waals surface area contributed by atoms with Crippen molar-refractivity contribution in [1.82, 2.24) is 14.8 Å². The van der Waals surface area contributed by atoms with Gasteiger partial charge in [0, 0.05) is 11.5 Å². The molecule has 21 heavy (non-hydrogen) atoms. The van der Waals surface area contributed by atoms with Gasteiger partial charge in [0.05, 0.1) is 11.0 Å². The van der Waals surface area contributed by atoms with E-state index in [4.69, 9.17) is 0 Å². The zero-order chi connectivity index (χ0) is 15.1. The van der Waals surface area contributed by atoms with E-state index in [2.05, 4.69) is 44.8 Å². The van der Waals surface area contributed by atoms with E-state index in [1.165, 1.54) is 0 Å². The van der Waals surface area contributed by atoms with Gasteiger partial charge in [0.15, 0.2) is 0 Å². The van der Waals surface area contributed by atoms with Crippen LogP contribution in [0.2, 0.25) is 0 Å². The van der Waals surface area contributed by atoms with Gasteiger partial charge in [-0.3, -0.25) is 0 Å². The number of aromatic nitrogens is 3. The highest BCUT2D eigenvalue weighted by Crippen LogP contribution is 2.55. The van der Waals surface area contributed by atoms with E-state index in [0.717, 1.165) is 15.9 Å². The molecule has 1 heterocycles. The predicted octanol–water partition coefficient (Wildman–Crippen LogP) is 2.96. The van der Waals surface area contributed by atoms with Gasteiger partial charge in [-0.15, -0.1) is 16.8 Å². The molecule has 4 nitrogen and oxygen atoms in total. The van der Waals surface area contributed by atoms with Gasteiger partial charge in [0.1, 0.15) is 12.2 Å². The van der Waals surface area contributed by atoms with E-state index in [9.17, 15) is 5.11 Å². The topological polar surface area (TPSA) is 50.9 Å². The summed E-state index contributed by atoms with van der Waals surface area (Å²) in [5.41, 5.74) is 0.171. The minimum Gasteiger partial charge on any atom is -0.389 e. The van der Waals surface area contributed by atoms with E-state index in [1.54, 1.807) is 12.4 Å². The van der Waals surface area contributed by atoms with Gasteiger partial charge in [-0.25, -0.2) is 0 Å². The second-order valence-corrected chi connectivity index (χ2v) is 6.84. The number of hydrogen-bond acceptors (Lipinski definition) is 3. The van der Waals surface area contributed by atoms with Gasteiger partial charge in [0.2, 0.25) is 0 Å². The molecule has 0 atom stereocenters. The third-order valence-electron chi connectivity index (χ3n) is 4.30. The average Bonchev–Trinajstić information content (AvgIpc) is 2.82. The molecule has 0 aliphatic heterocycles. The molecule has 0 unspecified atom stereocenters. The first-order valence-electron chi connectivity index (χ1n) is 6.93. The predicted molar refractivity (Wildman–Crippen MR) is 84.9 cm³/mol. The number of aliphatic hydroxyl groups is 1. The quantitative estimate of drug-likeness (QED) is 0.865. The lowest BCUT2D eigenvalue weighted by Gasteiger charge is -2.52. The minimum atomic E-state index is -0.698. The Hall–Kier alpha value is -1.46. The maximum Gasteiger partial charge on any atom is 0.143 e. The van der Waals surface area contributed by atoms with Crippen molar-refractivity contribution in [2.24, 2.45) is 7.05 Å². The van der Waals surface area contributed by atoms with Crippen LogP contribution in [0.3, 0.4) is 0 Å². The summed E-state index contributed by atoms with van der Waals surface area (Å²) in [7, 11) is 1.94. The maximum atomic E-state index is 10.6. The first kappa shape index (κ1) is 14.5. The SMILES string of the molecule is C=CCC1(O)CC(c2cccc(Br)c2)(c2nncn2C)C1. The molecule has 1 aromatic heterocycles. The summed E-state index contributed by atoms with van der Waals surface area (Å²) in [6.45, 7) is 3.74.